The van der Waals surface area contributed by atoms with Crippen LogP contribution < -0.4 is 5.32 Å². The van der Waals surface area contributed by atoms with E-state index in [0.717, 1.165) is 5.56 Å². The fraction of sp³-hybridized carbons (Fsp3) is 0.529. The third-order valence-electron chi connectivity index (χ3n) is 3.98. The molecule has 150 valence electrons. The lowest BCUT2D eigenvalue weighted by atomic mass is 9.99. The van der Waals surface area contributed by atoms with E-state index in [1.54, 1.807) is 24.3 Å². The van der Waals surface area contributed by atoms with E-state index in [1.165, 1.54) is 6.92 Å². The highest BCUT2D eigenvalue weighted by atomic mass is 16.7. The highest BCUT2D eigenvalue weighted by Gasteiger charge is 2.43. The van der Waals surface area contributed by atoms with Crippen molar-refractivity contribution in [2.45, 2.75) is 50.3 Å². The third kappa shape index (κ3) is 5.88. The van der Waals surface area contributed by atoms with Crippen molar-refractivity contribution >= 4 is 12.1 Å². The van der Waals surface area contributed by atoms with E-state index in [-0.39, 0.29) is 6.61 Å². The number of aliphatic hydroxyl groups is 4. The van der Waals surface area contributed by atoms with Gasteiger partial charge in [0, 0.05) is 0 Å². The van der Waals surface area contributed by atoms with Crippen LogP contribution in [0.2, 0.25) is 0 Å². The molecule has 1 amide bonds. The molecule has 0 aromatic heterocycles. The summed E-state index contributed by atoms with van der Waals surface area (Å²) in [4.78, 5) is 23.6. The summed E-state index contributed by atoms with van der Waals surface area (Å²) < 4.78 is 14.8. The van der Waals surface area contributed by atoms with Crippen LogP contribution in [0.3, 0.4) is 0 Å². The smallest absolute Gasteiger partial charge is 0.408 e. The first kappa shape index (κ1) is 21.1. The Kier molecular flexibility index (Phi) is 7.51. The Bertz CT molecular complexity index is 626. The molecule has 5 unspecified atom stereocenters. The topological polar surface area (TPSA) is 155 Å². The number of rotatable bonds is 6. The highest BCUT2D eigenvalue weighted by Crippen LogP contribution is 2.20. The number of hydrogen-bond acceptors (Lipinski definition) is 9. The van der Waals surface area contributed by atoms with E-state index in [1.807, 2.05) is 6.07 Å². The molecule has 2 rings (SSSR count). The number of aliphatic hydroxyl groups excluding tert-OH is 4. The molecule has 1 aliphatic rings. The summed E-state index contributed by atoms with van der Waals surface area (Å²) in [5.41, 5.74) is 0.783. The van der Waals surface area contributed by atoms with Gasteiger partial charge in [0.15, 0.2) is 6.29 Å². The summed E-state index contributed by atoms with van der Waals surface area (Å²) in [5, 5.41) is 40.5. The lowest BCUT2D eigenvalue weighted by Crippen LogP contribution is -2.58. The molecule has 0 saturated carbocycles. The standard InChI is InChI=1S/C17H23NO9/c1-9(18-17(24)26-7-10-5-3-2-4-6-10)15(22)25-8-11-12(19)13(20)14(21)16(23)27-11/h2-6,9,11-14,16,19-21,23H,7-8H2,1H3,(H,18,24)/t9-,11?,12?,13?,14?,16?/m1/s1. The van der Waals surface area contributed by atoms with Crippen molar-refractivity contribution in [3.8, 4) is 0 Å². The van der Waals surface area contributed by atoms with Crippen molar-refractivity contribution in [1.82, 2.24) is 5.32 Å². The summed E-state index contributed by atoms with van der Waals surface area (Å²) in [6.45, 7) is 0.915. The van der Waals surface area contributed by atoms with Gasteiger partial charge in [0.25, 0.3) is 0 Å². The average Bonchev–Trinajstić information content (AvgIpc) is 2.67. The van der Waals surface area contributed by atoms with Crippen molar-refractivity contribution < 1.29 is 44.2 Å². The van der Waals surface area contributed by atoms with Gasteiger partial charge < -0.3 is 40.0 Å². The molecule has 10 heteroatoms. The number of ether oxygens (including phenoxy) is 3. The number of benzene rings is 1. The minimum absolute atomic E-state index is 0.0364. The van der Waals surface area contributed by atoms with Crippen LogP contribution in [0.25, 0.3) is 0 Å². The van der Waals surface area contributed by atoms with Crippen molar-refractivity contribution in [3.63, 3.8) is 0 Å². The molecule has 0 aliphatic carbocycles. The molecule has 1 heterocycles. The lowest BCUT2D eigenvalue weighted by molar-refractivity contribution is -0.287. The van der Waals surface area contributed by atoms with Crippen molar-refractivity contribution in [3.05, 3.63) is 35.9 Å². The van der Waals surface area contributed by atoms with Crippen LogP contribution in [0.1, 0.15) is 12.5 Å². The van der Waals surface area contributed by atoms with Gasteiger partial charge in [-0.05, 0) is 12.5 Å². The zero-order chi connectivity index (χ0) is 20.0. The second kappa shape index (κ2) is 9.62. The maximum Gasteiger partial charge on any atom is 0.408 e. The fourth-order valence-corrected chi connectivity index (χ4v) is 2.36. The first-order valence-electron chi connectivity index (χ1n) is 8.31. The van der Waals surface area contributed by atoms with Crippen LogP contribution in [0.5, 0.6) is 0 Å². The summed E-state index contributed by atoms with van der Waals surface area (Å²) in [6.07, 6.45) is -8.66. The quantitative estimate of drug-likeness (QED) is 0.374. The first-order valence-corrected chi connectivity index (χ1v) is 8.31. The molecular formula is C17H23NO9. The Hall–Kier alpha value is -2.24. The Morgan fingerprint density at radius 1 is 1.07 bits per heavy atom. The van der Waals surface area contributed by atoms with Crippen LogP contribution in [-0.2, 0) is 25.6 Å². The summed E-state index contributed by atoms with van der Waals surface area (Å²) >= 11 is 0. The largest absolute Gasteiger partial charge is 0.461 e. The minimum Gasteiger partial charge on any atom is -0.461 e. The van der Waals surface area contributed by atoms with Gasteiger partial charge in [-0.15, -0.1) is 0 Å². The molecule has 0 bridgehead atoms. The average molecular weight is 385 g/mol. The Labute approximate surface area is 155 Å². The normalized spacial score (nSPS) is 28.9. The Balaban J connectivity index is 1.74. The Morgan fingerprint density at radius 3 is 2.41 bits per heavy atom. The molecule has 1 aromatic carbocycles. The zero-order valence-electron chi connectivity index (χ0n) is 14.6. The van der Waals surface area contributed by atoms with Gasteiger partial charge in [-0.2, -0.15) is 0 Å². The second-order valence-electron chi connectivity index (χ2n) is 6.09. The zero-order valence-corrected chi connectivity index (χ0v) is 14.6. The number of nitrogens with one attached hydrogen (secondary N) is 1. The number of amides is 1. The van der Waals surface area contributed by atoms with Crippen molar-refractivity contribution in [2.75, 3.05) is 6.61 Å². The van der Waals surface area contributed by atoms with Gasteiger partial charge in [0.1, 0.15) is 43.7 Å². The number of carbonyl (C=O) groups is 2. The van der Waals surface area contributed by atoms with E-state index in [2.05, 4.69) is 5.32 Å². The van der Waals surface area contributed by atoms with E-state index < -0.39 is 55.4 Å². The van der Waals surface area contributed by atoms with Crippen molar-refractivity contribution in [1.29, 1.82) is 0 Å². The van der Waals surface area contributed by atoms with E-state index in [9.17, 15) is 30.0 Å². The minimum atomic E-state index is -1.73. The molecular weight excluding hydrogens is 362 g/mol. The predicted octanol–water partition coefficient (Wildman–Crippen LogP) is -1.36. The van der Waals surface area contributed by atoms with Gasteiger partial charge in [-0.3, -0.25) is 0 Å². The van der Waals surface area contributed by atoms with Crippen molar-refractivity contribution in [2.24, 2.45) is 0 Å². The maximum absolute atomic E-state index is 11.9. The van der Waals surface area contributed by atoms with Crippen LogP contribution in [0, 0.1) is 0 Å². The predicted molar refractivity (Wildman–Crippen MR) is 89.1 cm³/mol. The molecule has 10 nitrogen and oxygen atoms in total. The monoisotopic (exact) mass is 385 g/mol. The highest BCUT2D eigenvalue weighted by molar-refractivity contribution is 5.80. The number of esters is 1. The molecule has 0 spiro atoms. The van der Waals surface area contributed by atoms with Gasteiger partial charge in [0.2, 0.25) is 0 Å². The van der Waals surface area contributed by atoms with Gasteiger partial charge in [-0.1, -0.05) is 30.3 Å². The van der Waals surface area contributed by atoms with Gasteiger partial charge >= 0.3 is 12.1 Å². The molecule has 1 aliphatic heterocycles. The maximum atomic E-state index is 11.9. The molecule has 6 atom stereocenters. The first-order chi connectivity index (χ1) is 12.8. The number of alkyl carbamates (subject to hydrolysis) is 1. The van der Waals surface area contributed by atoms with Crippen LogP contribution in [0.15, 0.2) is 30.3 Å². The molecule has 1 fully saturated rings. The lowest BCUT2D eigenvalue weighted by Gasteiger charge is -2.37. The molecule has 27 heavy (non-hydrogen) atoms. The second-order valence-corrected chi connectivity index (χ2v) is 6.09. The molecule has 1 saturated heterocycles. The van der Waals surface area contributed by atoms with Gasteiger partial charge in [-0.25, -0.2) is 9.59 Å². The van der Waals surface area contributed by atoms with Crippen LogP contribution in [-0.4, -0.2) is 75.8 Å². The van der Waals surface area contributed by atoms with E-state index in [0.29, 0.717) is 0 Å². The molecule has 1 aromatic rings. The summed E-state index contributed by atoms with van der Waals surface area (Å²) in [6, 6.07) is 7.93. The molecule has 0 radical (unpaired) electrons. The number of carbonyl (C=O) groups excluding carboxylic acids is 2. The van der Waals surface area contributed by atoms with E-state index >= 15 is 0 Å². The SMILES string of the molecule is C[C@@H](NC(=O)OCc1ccccc1)C(=O)OCC1OC(O)C(O)C(O)C1O. The number of hydrogen-bond donors (Lipinski definition) is 5. The van der Waals surface area contributed by atoms with Gasteiger partial charge in [0.05, 0.1) is 0 Å². The van der Waals surface area contributed by atoms with Crippen LogP contribution >= 0.6 is 0 Å². The van der Waals surface area contributed by atoms with Crippen LogP contribution in [0.4, 0.5) is 4.79 Å². The molecule has 5 N–H and O–H groups in total. The summed E-state index contributed by atoms with van der Waals surface area (Å²) in [5.74, 6) is -0.836. The van der Waals surface area contributed by atoms with E-state index in [4.69, 9.17) is 14.2 Å². The Morgan fingerprint density at radius 2 is 1.74 bits per heavy atom. The third-order valence-corrected chi connectivity index (χ3v) is 3.98. The fourth-order valence-electron chi connectivity index (χ4n) is 2.36. The summed E-state index contributed by atoms with van der Waals surface area (Å²) in [7, 11) is 0.